The number of halogens is 1. The highest BCUT2D eigenvalue weighted by Crippen LogP contribution is 2.48. The first-order chi connectivity index (χ1) is 14.2. The lowest BCUT2D eigenvalue weighted by Gasteiger charge is -2.29. The van der Waals surface area contributed by atoms with Crippen LogP contribution in [0, 0.1) is 12.8 Å². The summed E-state index contributed by atoms with van der Waals surface area (Å²) in [7, 11) is 0. The topological polar surface area (TPSA) is 128 Å². The second kappa shape index (κ2) is 8.61. The molecule has 0 amide bonds. The molecule has 1 aliphatic carbocycles. The number of aromatic nitrogens is 2. The number of carbonyl (C=O) groups is 2. The summed E-state index contributed by atoms with van der Waals surface area (Å²) in [5, 5.41) is 17.3. The van der Waals surface area contributed by atoms with Crippen LogP contribution in [-0.2, 0) is 9.53 Å². The summed E-state index contributed by atoms with van der Waals surface area (Å²) >= 11 is 3.37. The van der Waals surface area contributed by atoms with E-state index in [0.29, 0.717) is 33.3 Å². The number of ether oxygens (including phenoxy) is 2. The number of nitrogens with one attached hydrogen (secondary N) is 1. The Morgan fingerprint density at radius 1 is 1.33 bits per heavy atom. The Bertz CT molecular complexity index is 1030. The van der Waals surface area contributed by atoms with Gasteiger partial charge in [-0.3, -0.25) is 9.89 Å². The largest absolute Gasteiger partial charge is 0.506 e. The smallest absolute Gasteiger partial charge is 0.347 e. The van der Waals surface area contributed by atoms with E-state index >= 15 is 0 Å². The molecule has 1 aromatic carbocycles. The number of allylic oxidation sites excluding steroid dienone is 1. The quantitative estimate of drug-likeness (QED) is 0.535. The maximum atomic E-state index is 13.1. The first-order valence-electron chi connectivity index (χ1n) is 9.60. The zero-order valence-electron chi connectivity index (χ0n) is 17.2. The fourth-order valence-corrected chi connectivity index (χ4v) is 4.24. The molecule has 0 saturated heterocycles. The van der Waals surface area contributed by atoms with Crippen LogP contribution < -0.4 is 10.5 Å². The molecule has 0 fully saturated rings. The van der Waals surface area contributed by atoms with Gasteiger partial charge in [-0.2, -0.15) is 5.10 Å². The minimum atomic E-state index is -0.642. The van der Waals surface area contributed by atoms with Crippen molar-refractivity contribution < 1.29 is 24.2 Å². The minimum Gasteiger partial charge on any atom is -0.506 e. The van der Waals surface area contributed by atoms with Crippen LogP contribution >= 0.6 is 15.9 Å². The van der Waals surface area contributed by atoms with E-state index in [9.17, 15) is 14.7 Å². The van der Waals surface area contributed by atoms with Crippen molar-refractivity contribution in [3.63, 3.8) is 0 Å². The third-order valence-electron chi connectivity index (χ3n) is 5.09. The van der Waals surface area contributed by atoms with Gasteiger partial charge in [-0.1, -0.05) is 13.8 Å². The number of benzene rings is 1. The molecule has 4 rings (SSSR count). The number of carbonyl (C=O) groups excluding carboxylic acids is 2. The number of H-pyrrole nitrogens is 1. The Morgan fingerprint density at radius 3 is 2.60 bits per heavy atom. The van der Waals surface area contributed by atoms with Crippen LogP contribution in [0.25, 0.3) is 11.3 Å². The van der Waals surface area contributed by atoms with Gasteiger partial charge in [0.2, 0.25) is 0 Å². The number of aromatic hydroxyl groups is 1. The summed E-state index contributed by atoms with van der Waals surface area (Å²) in [6, 6.07) is 1.68. The molecule has 9 heteroatoms. The van der Waals surface area contributed by atoms with E-state index in [1.807, 2.05) is 13.8 Å². The molecule has 0 bridgehead atoms. The van der Waals surface area contributed by atoms with E-state index in [0.717, 1.165) is 6.54 Å². The highest BCUT2D eigenvalue weighted by Gasteiger charge is 2.42. The maximum absolute atomic E-state index is 13.1. The molecule has 0 spiro atoms. The van der Waals surface area contributed by atoms with E-state index < -0.39 is 12.1 Å². The van der Waals surface area contributed by atoms with Crippen molar-refractivity contribution >= 4 is 27.7 Å². The van der Waals surface area contributed by atoms with Crippen molar-refractivity contribution in [2.75, 3.05) is 6.54 Å². The molecule has 1 aliphatic heterocycles. The summed E-state index contributed by atoms with van der Waals surface area (Å²) in [6.07, 6.45) is 1.27. The first-order valence-corrected chi connectivity index (χ1v) is 10.4. The molecule has 0 saturated carbocycles. The van der Waals surface area contributed by atoms with Gasteiger partial charge in [-0.15, -0.1) is 0 Å². The molecule has 8 nitrogen and oxygen atoms in total. The summed E-state index contributed by atoms with van der Waals surface area (Å²) in [5.74, 6) is -0.418. The molecule has 2 unspecified atom stereocenters. The molecule has 1 aromatic heterocycles. The highest BCUT2D eigenvalue weighted by molar-refractivity contribution is 9.10. The SMILES string of the molecule is CC1=C2OC(=O)c3c(c(C)c(O)c(Br)c3-c3ccn[nH]3)OC2C(C)CC1=O.CCN. The van der Waals surface area contributed by atoms with Gasteiger partial charge < -0.3 is 20.3 Å². The predicted octanol–water partition coefficient (Wildman–Crippen LogP) is 3.62. The van der Waals surface area contributed by atoms with E-state index in [4.69, 9.17) is 15.2 Å². The summed E-state index contributed by atoms with van der Waals surface area (Å²) in [6.45, 7) is 7.83. The van der Waals surface area contributed by atoms with Gasteiger partial charge in [0.05, 0.1) is 10.2 Å². The number of phenols is 1. The lowest BCUT2D eigenvalue weighted by molar-refractivity contribution is -0.118. The minimum absolute atomic E-state index is 0.0326. The Labute approximate surface area is 182 Å². The van der Waals surface area contributed by atoms with Crippen LogP contribution in [0.2, 0.25) is 0 Å². The monoisotopic (exact) mass is 477 g/mol. The van der Waals surface area contributed by atoms with E-state index in [-0.39, 0.29) is 34.5 Å². The molecule has 4 N–H and O–H groups in total. The van der Waals surface area contributed by atoms with Gasteiger partial charge in [0.15, 0.2) is 17.6 Å². The Kier molecular flexibility index (Phi) is 6.33. The number of hydrogen-bond donors (Lipinski definition) is 3. The van der Waals surface area contributed by atoms with Gasteiger partial charge in [-0.05, 0) is 42.4 Å². The Hall–Kier alpha value is -2.65. The zero-order valence-corrected chi connectivity index (χ0v) is 18.8. The van der Waals surface area contributed by atoms with Crippen molar-refractivity contribution in [3.05, 3.63) is 39.2 Å². The van der Waals surface area contributed by atoms with Crippen LogP contribution in [0.5, 0.6) is 11.5 Å². The first kappa shape index (κ1) is 22.0. The number of rotatable bonds is 1. The summed E-state index contributed by atoms with van der Waals surface area (Å²) < 4.78 is 12.2. The second-order valence-electron chi connectivity index (χ2n) is 7.27. The summed E-state index contributed by atoms with van der Waals surface area (Å²) in [4.78, 5) is 25.3. The molecule has 2 aromatic rings. The number of esters is 1. The van der Waals surface area contributed by atoms with E-state index in [2.05, 4.69) is 26.1 Å². The van der Waals surface area contributed by atoms with Crippen molar-refractivity contribution in [1.82, 2.24) is 10.2 Å². The molecular formula is C21H24BrN3O5. The second-order valence-corrected chi connectivity index (χ2v) is 8.06. The standard InChI is InChI=1S/C19H17BrN2O5.C2H7N/c1-7-6-11(23)8(2)18-16(7)26-17-9(3)15(24)14(20)12(10-4-5-21-22-10)13(17)19(25)27-18;1-2-3/h4-5,7,16,24H,6H2,1-3H3,(H,21,22);2-3H2,1H3. The van der Waals surface area contributed by atoms with Crippen molar-refractivity contribution in [2.24, 2.45) is 11.7 Å². The maximum Gasteiger partial charge on any atom is 0.347 e. The van der Waals surface area contributed by atoms with Crippen LogP contribution in [0.4, 0.5) is 0 Å². The number of hydrogen-bond acceptors (Lipinski definition) is 7. The van der Waals surface area contributed by atoms with Crippen LogP contribution in [0.1, 0.15) is 43.1 Å². The van der Waals surface area contributed by atoms with Crippen molar-refractivity contribution in [1.29, 1.82) is 0 Å². The van der Waals surface area contributed by atoms with Gasteiger partial charge in [-0.25, -0.2) is 4.79 Å². The molecule has 2 aliphatic rings. The van der Waals surface area contributed by atoms with E-state index in [1.54, 1.807) is 26.1 Å². The molecule has 2 heterocycles. The number of nitrogens with zero attached hydrogens (tertiary/aromatic N) is 1. The van der Waals surface area contributed by atoms with Gasteiger partial charge in [0.25, 0.3) is 0 Å². The number of phenolic OH excluding ortho intramolecular Hbond substituents is 1. The summed E-state index contributed by atoms with van der Waals surface area (Å²) in [5.41, 5.74) is 6.75. The van der Waals surface area contributed by atoms with Crippen LogP contribution in [-0.4, -0.2) is 39.7 Å². The lowest BCUT2D eigenvalue weighted by atomic mass is 9.86. The number of nitrogens with two attached hydrogens (primary N) is 1. The van der Waals surface area contributed by atoms with Crippen LogP contribution in [0.15, 0.2) is 28.1 Å². The fraction of sp³-hybridized carbons (Fsp3) is 0.381. The van der Waals surface area contributed by atoms with Crippen LogP contribution in [0.3, 0.4) is 0 Å². The Balaban J connectivity index is 0.000000806. The molecule has 30 heavy (non-hydrogen) atoms. The Morgan fingerprint density at radius 2 is 2.00 bits per heavy atom. The third kappa shape index (κ3) is 3.63. The average Bonchev–Trinajstić information content (AvgIpc) is 3.17. The number of Topliss-reactive ketones (excluding diaryl/α,β-unsaturated/α-hetero) is 1. The van der Waals surface area contributed by atoms with Gasteiger partial charge in [0, 0.05) is 35.2 Å². The molecule has 0 radical (unpaired) electrons. The number of aromatic amines is 1. The fourth-order valence-electron chi connectivity index (χ4n) is 3.54. The van der Waals surface area contributed by atoms with Gasteiger partial charge >= 0.3 is 5.97 Å². The average molecular weight is 478 g/mol. The molecule has 2 atom stereocenters. The van der Waals surface area contributed by atoms with Crippen molar-refractivity contribution in [3.8, 4) is 22.8 Å². The predicted molar refractivity (Wildman–Crippen MR) is 114 cm³/mol. The number of ketones is 1. The zero-order chi connectivity index (χ0) is 22.2. The highest BCUT2D eigenvalue weighted by atomic mass is 79.9. The normalized spacial score (nSPS) is 20.3. The lowest BCUT2D eigenvalue weighted by Crippen LogP contribution is -2.35. The van der Waals surface area contributed by atoms with Crippen molar-refractivity contribution in [2.45, 2.75) is 40.2 Å². The molecule has 160 valence electrons. The number of fused-ring (bicyclic) bond motifs is 2. The molecular weight excluding hydrogens is 454 g/mol. The third-order valence-corrected chi connectivity index (χ3v) is 5.86. The van der Waals surface area contributed by atoms with E-state index in [1.165, 1.54) is 0 Å². The van der Waals surface area contributed by atoms with Gasteiger partial charge in [0.1, 0.15) is 17.1 Å².